The summed E-state index contributed by atoms with van der Waals surface area (Å²) in [6.07, 6.45) is 2.32. The van der Waals surface area contributed by atoms with Crippen molar-refractivity contribution in [3.8, 4) is 28.4 Å². The number of anilines is 1. The van der Waals surface area contributed by atoms with E-state index < -0.39 is 11.9 Å². The van der Waals surface area contributed by atoms with E-state index in [9.17, 15) is 4.79 Å². The molecule has 4 aromatic rings. The molecule has 1 atom stereocenters. The van der Waals surface area contributed by atoms with Gasteiger partial charge in [0.05, 0.1) is 23.1 Å². The van der Waals surface area contributed by atoms with E-state index in [1.54, 1.807) is 6.07 Å². The summed E-state index contributed by atoms with van der Waals surface area (Å²) in [7, 11) is 0. The van der Waals surface area contributed by atoms with Crippen LogP contribution in [0.25, 0.3) is 22.5 Å². The van der Waals surface area contributed by atoms with Gasteiger partial charge in [0.2, 0.25) is 5.88 Å². The van der Waals surface area contributed by atoms with Crippen LogP contribution in [0.2, 0.25) is 5.15 Å². The Morgan fingerprint density at radius 2 is 1.75 bits per heavy atom. The number of aromatic nitrogens is 4. The molecule has 0 radical (unpaired) electrons. The molecule has 8 nitrogen and oxygen atoms in total. The van der Waals surface area contributed by atoms with Crippen molar-refractivity contribution in [3.63, 3.8) is 0 Å². The third-order valence-corrected chi connectivity index (χ3v) is 5.92. The molecule has 0 bridgehead atoms. The fraction of sp³-hybridized carbons (Fsp3) is 0.222. The van der Waals surface area contributed by atoms with Crippen molar-refractivity contribution >= 4 is 23.3 Å². The Hall–Kier alpha value is -4.04. The van der Waals surface area contributed by atoms with Gasteiger partial charge in [-0.15, -0.1) is 0 Å². The largest absolute Gasteiger partial charge is 0.474 e. The molecule has 3 aromatic heterocycles. The number of nitrogens with one attached hydrogen (secondary N) is 1. The Labute approximate surface area is 213 Å². The van der Waals surface area contributed by atoms with Crippen molar-refractivity contribution in [2.24, 2.45) is 0 Å². The number of rotatable bonds is 7. The first-order chi connectivity index (χ1) is 17.4. The molecule has 1 aliphatic carbocycles. The van der Waals surface area contributed by atoms with E-state index in [0.29, 0.717) is 39.4 Å². The lowest BCUT2D eigenvalue weighted by Crippen LogP contribution is -2.29. The summed E-state index contributed by atoms with van der Waals surface area (Å²) < 4.78 is 5.78. The second-order valence-corrected chi connectivity index (χ2v) is 9.14. The summed E-state index contributed by atoms with van der Waals surface area (Å²) in [6, 6.07) is 18.2. The topological polar surface area (TPSA) is 116 Å². The maximum atomic E-state index is 13.3. The Balaban J connectivity index is 1.49. The molecule has 1 saturated carbocycles. The lowest BCUT2D eigenvalue weighted by molar-refractivity contribution is 0.0934. The Morgan fingerprint density at radius 1 is 1.00 bits per heavy atom. The van der Waals surface area contributed by atoms with E-state index in [2.05, 4.69) is 25.3 Å². The Kier molecular flexibility index (Phi) is 6.52. The number of hydrogen-bond donors (Lipinski definition) is 2. The molecule has 5 rings (SSSR count). The van der Waals surface area contributed by atoms with Crippen molar-refractivity contribution in [2.75, 3.05) is 5.73 Å². The SMILES string of the molecule is Cc1cc(-c2nc(C(=O)NC(C)c3cccc(OC4CC4)n3)c(N)nc2-c2ccccc2)cc(Cl)n1. The van der Waals surface area contributed by atoms with Crippen molar-refractivity contribution in [1.29, 1.82) is 0 Å². The number of nitrogens with zero attached hydrogens (tertiary/aromatic N) is 4. The number of benzene rings is 1. The van der Waals surface area contributed by atoms with Gasteiger partial charge in [0.15, 0.2) is 11.5 Å². The zero-order valence-corrected chi connectivity index (χ0v) is 20.7. The molecule has 36 heavy (non-hydrogen) atoms. The normalized spacial score (nSPS) is 13.8. The lowest BCUT2D eigenvalue weighted by Gasteiger charge is -2.17. The summed E-state index contributed by atoms with van der Waals surface area (Å²) in [5, 5.41) is 3.25. The summed E-state index contributed by atoms with van der Waals surface area (Å²) >= 11 is 6.24. The van der Waals surface area contributed by atoms with Crippen LogP contribution in [0.4, 0.5) is 5.82 Å². The average molecular weight is 501 g/mol. The highest BCUT2D eigenvalue weighted by atomic mass is 35.5. The molecule has 1 unspecified atom stereocenters. The van der Waals surface area contributed by atoms with Crippen LogP contribution < -0.4 is 15.8 Å². The minimum atomic E-state index is -0.458. The molecule has 9 heteroatoms. The minimum absolute atomic E-state index is 0.0208. The highest BCUT2D eigenvalue weighted by Gasteiger charge is 2.25. The molecule has 3 N–H and O–H groups in total. The van der Waals surface area contributed by atoms with Gasteiger partial charge in [-0.3, -0.25) is 4.79 Å². The van der Waals surface area contributed by atoms with E-state index in [1.165, 1.54) is 0 Å². The first kappa shape index (κ1) is 23.7. The second kappa shape index (κ2) is 9.91. The van der Waals surface area contributed by atoms with Gasteiger partial charge in [0, 0.05) is 22.9 Å². The van der Waals surface area contributed by atoms with Gasteiger partial charge in [-0.2, -0.15) is 0 Å². The van der Waals surface area contributed by atoms with Crippen molar-refractivity contribution < 1.29 is 9.53 Å². The highest BCUT2D eigenvalue weighted by Crippen LogP contribution is 2.32. The smallest absolute Gasteiger partial charge is 0.274 e. The standard InChI is InChI=1S/C27H25ClN6O2/c1-15-13-18(14-21(28)30-15)24-23(17-7-4-3-5-8-17)34-26(29)25(33-24)27(35)31-16(2)20-9-6-10-22(32-20)36-19-11-12-19/h3-10,13-14,16,19H,11-12H2,1-2H3,(H2,29,34)(H,31,35). The van der Waals surface area contributed by atoms with Gasteiger partial charge in [-0.05, 0) is 44.9 Å². The van der Waals surface area contributed by atoms with Crippen LogP contribution in [0.15, 0.2) is 60.7 Å². The van der Waals surface area contributed by atoms with Crippen LogP contribution in [0, 0.1) is 6.92 Å². The molecule has 1 aliphatic rings. The molecule has 0 aliphatic heterocycles. The summed E-state index contributed by atoms with van der Waals surface area (Å²) in [4.78, 5) is 31.3. The second-order valence-electron chi connectivity index (χ2n) is 8.75. The van der Waals surface area contributed by atoms with Gasteiger partial charge >= 0.3 is 0 Å². The molecule has 0 spiro atoms. The number of halogens is 1. The average Bonchev–Trinajstić information content (AvgIpc) is 3.68. The summed E-state index contributed by atoms with van der Waals surface area (Å²) in [6.45, 7) is 3.68. The number of ether oxygens (including phenoxy) is 1. The van der Waals surface area contributed by atoms with Crippen molar-refractivity contribution in [3.05, 3.63) is 82.9 Å². The van der Waals surface area contributed by atoms with E-state index in [0.717, 1.165) is 18.4 Å². The van der Waals surface area contributed by atoms with E-state index in [4.69, 9.17) is 22.1 Å². The van der Waals surface area contributed by atoms with Crippen LogP contribution in [-0.2, 0) is 0 Å². The van der Waals surface area contributed by atoms with Gasteiger partial charge < -0.3 is 15.8 Å². The number of nitrogens with two attached hydrogens (primary N) is 1. The van der Waals surface area contributed by atoms with Crippen LogP contribution in [0.3, 0.4) is 0 Å². The van der Waals surface area contributed by atoms with Crippen molar-refractivity contribution in [1.82, 2.24) is 25.3 Å². The Morgan fingerprint density at radius 3 is 2.47 bits per heavy atom. The molecule has 1 fully saturated rings. The van der Waals surface area contributed by atoms with Gasteiger partial charge in [-0.1, -0.05) is 48.0 Å². The predicted octanol–water partition coefficient (Wildman–Crippen LogP) is 5.18. The van der Waals surface area contributed by atoms with E-state index >= 15 is 0 Å². The van der Waals surface area contributed by atoms with Crippen LogP contribution >= 0.6 is 11.6 Å². The minimum Gasteiger partial charge on any atom is -0.474 e. The third-order valence-electron chi connectivity index (χ3n) is 5.73. The lowest BCUT2D eigenvalue weighted by atomic mass is 10.0. The fourth-order valence-corrected chi connectivity index (χ4v) is 4.06. The number of hydrogen-bond acceptors (Lipinski definition) is 7. The molecular formula is C27H25ClN6O2. The number of carbonyl (C=O) groups excluding carboxylic acids is 1. The summed E-state index contributed by atoms with van der Waals surface area (Å²) in [5.41, 5.74) is 10.2. The molecular weight excluding hydrogens is 476 g/mol. The predicted molar refractivity (Wildman–Crippen MR) is 139 cm³/mol. The molecule has 0 saturated heterocycles. The zero-order chi connectivity index (χ0) is 25.2. The quantitative estimate of drug-likeness (QED) is 0.336. The Bertz CT molecular complexity index is 1410. The maximum absolute atomic E-state index is 13.3. The molecule has 3 heterocycles. The third kappa shape index (κ3) is 5.28. The summed E-state index contributed by atoms with van der Waals surface area (Å²) in [5.74, 6) is 0.119. The monoisotopic (exact) mass is 500 g/mol. The first-order valence-electron chi connectivity index (χ1n) is 11.7. The maximum Gasteiger partial charge on any atom is 0.274 e. The van der Waals surface area contributed by atoms with Crippen LogP contribution in [-0.4, -0.2) is 31.9 Å². The molecule has 1 aromatic carbocycles. The first-order valence-corrected chi connectivity index (χ1v) is 12.1. The van der Waals surface area contributed by atoms with Gasteiger partial charge in [0.1, 0.15) is 11.3 Å². The van der Waals surface area contributed by atoms with E-state index in [-0.39, 0.29) is 17.6 Å². The van der Waals surface area contributed by atoms with Crippen LogP contribution in [0.5, 0.6) is 5.88 Å². The number of aryl methyl sites for hydroxylation is 1. The number of pyridine rings is 2. The number of amides is 1. The van der Waals surface area contributed by atoms with Gasteiger partial charge in [0.25, 0.3) is 5.91 Å². The molecule has 182 valence electrons. The van der Waals surface area contributed by atoms with Crippen molar-refractivity contribution in [2.45, 2.75) is 38.8 Å². The number of carbonyl (C=O) groups is 1. The van der Waals surface area contributed by atoms with Gasteiger partial charge in [-0.25, -0.2) is 19.9 Å². The molecule has 1 amide bonds. The zero-order valence-electron chi connectivity index (χ0n) is 19.9. The number of nitrogen functional groups attached to an aromatic ring is 1. The van der Waals surface area contributed by atoms with Crippen LogP contribution in [0.1, 0.15) is 47.7 Å². The fourth-order valence-electron chi connectivity index (χ4n) is 3.81. The highest BCUT2D eigenvalue weighted by molar-refractivity contribution is 6.29. The van der Waals surface area contributed by atoms with E-state index in [1.807, 2.05) is 68.4 Å².